The van der Waals surface area contributed by atoms with Crippen molar-refractivity contribution in [1.82, 2.24) is 15.5 Å². The average Bonchev–Trinajstić information content (AvgIpc) is 3.27. The molecule has 0 bridgehead atoms. The van der Waals surface area contributed by atoms with Crippen molar-refractivity contribution >= 4 is 29.1 Å². The minimum absolute atomic E-state index is 0.0949. The number of piperazine rings is 1. The van der Waals surface area contributed by atoms with E-state index in [1.165, 1.54) is 16.2 Å². The number of hydrogen-bond donors (Lipinski definition) is 3. The molecule has 3 amide bonds. The van der Waals surface area contributed by atoms with Gasteiger partial charge in [-0.1, -0.05) is 36.4 Å². The third-order valence-corrected chi connectivity index (χ3v) is 5.61. The fraction of sp³-hybridized carbons (Fsp3) is 0.350. The normalized spacial score (nSPS) is 14.5. The number of carbonyl (C=O) groups excluding carboxylic acids is 3. The Bertz CT molecular complexity index is 787. The second kappa shape index (κ2) is 10.0. The lowest BCUT2D eigenvalue weighted by atomic mass is 10.2. The van der Waals surface area contributed by atoms with Crippen LogP contribution in [0.4, 0.5) is 0 Å². The van der Waals surface area contributed by atoms with E-state index in [2.05, 4.69) is 10.6 Å². The molecule has 7 nitrogen and oxygen atoms in total. The Morgan fingerprint density at radius 2 is 1.68 bits per heavy atom. The summed E-state index contributed by atoms with van der Waals surface area (Å²) in [4.78, 5) is 40.1. The van der Waals surface area contributed by atoms with Crippen LogP contribution in [0.15, 0.2) is 47.8 Å². The second-order valence-electron chi connectivity index (χ2n) is 6.69. The number of carbonyl (C=O) groups is 3. The van der Waals surface area contributed by atoms with Gasteiger partial charge in [0.05, 0.1) is 44.1 Å². The maximum atomic E-state index is 12.3. The minimum atomic E-state index is -0.620. The standard InChI is InChI=1S/C20H24N4O3S/c25-18(19(26)22-15-16-5-2-1-3-6-16)21-8-9-23-10-12-24(13-11-23)20(27)17-7-4-14-28-17/h1-7,14H,8-13,15H2,(H,21,25)(H,22,26)/p+1. The lowest BCUT2D eigenvalue weighted by molar-refractivity contribution is -0.902. The van der Waals surface area contributed by atoms with Crippen molar-refractivity contribution in [2.45, 2.75) is 6.54 Å². The zero-order valence-corrected chi connectivity index (χ0v) is 16.5. The molecule has 1 fully saturated rings. The van der Waals surface area contributed by atoms with Gasteiger partial charge in [0.25, 0.3) is 5.91 Å². The van der Waals surface area contributed by atoms with E-state index in [4.69, 9.17) is 0 Å². The van der Waals surface area contributed by atoms with Crippen LogP contribution in [0.1, 0.15) is 15.2 Å². The summed E-state index contributed by atoms with van der Waals surface area (Å²) in [6.07, 6.45) is 0. The second-order valence-corrected chi connectivity index (χ2v) is 7.64. The van der Waals surface area contributed by atoms with Crippen LogP contribution in [0.5, 0.6) is 0 Å². The topological polar surface area (TPSA) is 83.0 Å². The zero-order chi connectivity index (χ0) is 19.8. The number of nitrogens with one attached hydrogen (secondary N) is 3. The number of quaternary nitrogens is 1. The molecule has 0 spiro atoms. The van der Waals surface area contributed by atoms with Gasteiger partial charge in [-0.15, -0.1) is 11.3 Å². The van der Waals surface area contributed by atoms with Gasteiger partial charge in [0, 0.05) is 6.54 Å². The van der Waals surface area contributed by atoms with Crippen LogP contribution < -0.4 is 15.5 Å². The van der Waals surface area contributed by atoms with E-state index in [1.807, 2.05) is 52.7 Å². The molecule has 1 aliphatic rings. The van der Waals surface area contributed by atoms with Gasteiger partial charge in [-0.3, -0.25) is 14.4 Å². The highest BCUT2D eigenvalue weighted by Crippen LogP contribution is 2.11. The van der Waals surface area contributed by atoms with Gasteiger partial charge in [-0.05, 0) is 17.0 Å². The zero-order valence-electron chi connectivity index (χ0n) is 15.6. The number of amides is 3. The Balaban J connectivity index is 1.31. The summed E-state index contributed by atoms with van der Waals surface area (Å²) in [6.45, 7) is 4.60. The first-order valence-corrected chi connectivity index (χ1v) is 10.3. The number of rotatable bonds is 6. The maximum Gasteiger partial charge on any atom is 0.309 e. The van der Waals surface area contributed by atoms with Gasteiger partial charge < -0.3 is 20.4 Å². The number of hydrogen-bond acceptors (Lipinski definition) is 4. The molecular weight excluding hydrogens is 376 g/mol. The molecule has 2 heterocycles. The molecule has 2 aromatic rings. The molecule has 0 unspecified atom stereocenters. The van der Waals surface area contributed by atoms with Crippen molar-refractivity contribution in [2.24, 2.45) is 0 Å². The van der Waals surface area contributed by atoms with E-state index < -0.39 is 11.8 Å². The Kier molecular flexibility index (Phi) is 7.16. The number of nitrogens with zero attached hydrogens (tertiary/aromatic N) is 1. The molecule has 3 rings (SSSR count). The van der Waals surface area contributed by atoms with Crippen LogP contribution in [-0.2, 0) is 16.1 Å². The number of benzene rings is 1. The third-order valence-electron chi connectivity index (χ3n) is 4.76. The third kappa shape index (κ3) is 5.64. The Morgan fingerprint density at radius 3 is 2.36 bits per heavy atom. The molecule has 1 aliphatic heterocycles. The summed E-state index contributed by atoms with van der Waals surface area (Å²) in [5, 5.41) is 7.20. The van der Waals surface area contributed by atoms with Crippen LogP contribution in [0.25, 0.3) is 0 Å². The Hall–Kier alpha value is -2.71. The number of thiophene rings is 1. The van der Waals surface area contributed by atoms with E-state index in [9.17, 15) is 14.4 Å². The van der Waals surface area contributed by atoms with Crippen LogP contribution in [0.2, 0.25) is 0 Å². The molecule has 0 radical (unpaired) electrons. The first-order valence-electron chi connectivity index (χ1n) is 9.40. The van der Waals surface area contributed by atoms with Crippen LogP contribution in [0, 0.1) is 0 Å². The summed E-state index contributed by atoms with van der Waals surface area (Å²) in [7, 11) is 0. The van der Waals surface area contributed by atoms with Gasteiger partial charge in [0.2, 0.25) is 0 Å². The summed E-state index contributed by atoms with van der Waals surface area (Å²) >= 11 is 1.46. The van der Waals surface area contributed by atoms with Crippen molar-refractivity contribution in [3.8, 4) is 0 Å². The summed E-state index contributed by atoms with van der Waals surface area (Å²) in [5.41, 5.74) is 0.947. The summed E-state index contributed by atoms with van der Waals surface area (Å²) < 4.78 is 0. The van der Waals surface area contributed by atoms with Gasteiger partial charge in [0.15, 0.2) is 0 Å². The highest BCUT2D eigenvalue weighted by atomic mass is 32.1. The molecule has 3 N–H and O–H groups in total. The fourth-order valence-electron chi connectivity index (χ4n) is 3.12. The minimum Gasteiger partial charge on any atom is -0.344 e. The van der Waals surface area contributed by atoms with E-state index in [0.717, 1.165) is 30.1 Å². The molecule has 0 aliphatic carbocycles. The molecule has 0 atom stereocenters. The molecular formula is C20H25N4O3S+. The first-order chi connectivity index (χ1) is 13.6. The van der Waals surface area contributed by atoms with E-state index in [0.29, 0.717) is 26.2 Å². The summed E-state index contributed by atoms with van der Waals surface area (Å²) in [6, 6.07) is 13.2. The van der Waals surface area contributed by atoms with Gasteiger partial charge in [-0.25, -0.2) is 0 Å². The van der Waals surface area contributed by atoms with Gasteiger partial charge >= 0.3 is 11.8 Å². The quantitative estimate of drug-likeness (QED) is 0.572. The van der Waals surface area contributed by atoms with E-state index in [1.54, 1.807) is 0 Å². The van der Waals surface area contributed by atoms with Crippen molar-refractivity contribution in [3.63, 3.8) is 0 Å². The van der Waals surface area contributed by atoms with Crippen molar-refractivity contribution in [3.05, 3.63) is 58.3 Å². The molecule has 28 heavy (non-hydrogen) atoms. The lowest BCUT2D eigenvalue weighted by Crippen LogP contribution is -3.15. The molecule has 0 saturated carbocycles. The van der Waals surface area contributed by atoms with Gasteiger partial charge in [-0.2, -0.15) is 0 Å². The SMILES string of the molecule is O=C(NCC[NH+]1CCN(C(=O)c2cccs2)CC1)C(=O)NCc1ccccc1. The van der Waals surface area contributed by atoms with E-state index >= 15 is 0 Å². The Labute approximate surface area is 168 Å². The molecule has 8 heteroatoms. The highest BCUT2D eigenvalue weighted by Gasteiger charge is 2.25. The van der Waals surface area contributed by atoms with Crippen molar-refractivity contribution < 1.29 is 19.3 Å². The van der Waals surface area contributed by atoms with Crippen LogP contribution in [0.3, 0.4) is 0 Å². The predicted molar refractivity (Wildman–Crippen MR) is 107 cm³/mol. The van der Waals surface area contributed by atoms with E-state index in [-0.39, 0.29) is 5.91 Å². The Morgan fingerprint density at radius 1 is 0.964 bits per heavy atom. The largest absolute Gasteiger partial charge is 0.344 e. The van der Waals surface area contributed by atoms with Crippen molar-refractivity contribution in [1.29, 1.82) is 0 Å². The van der Waals surface area contributed by atoms with Crippen molar-refractivity contribution in [2.75, 3.05) is 39.3 Å². The molecule has 1 aromatic heterocycles. The lowest BCUT2D eigenvalue weighted by Gasteiger charge is -2.32. The molecule has 1 saturated heterocycles. The molecule has 1 aromatic carbocycles. The average molecular weight is 402 g/mol. The smallest absolute Gasteiger partial charge is 0.309 e. The maximum absolute atomic E-state index is 12.3. The highest BCUT2D eigenvalue weighted by molar-refractivity contribution is 7.12. The summed E-state index contributed by atoms with van der Waals surface area (Å²) in [5.74, 6) is -1.13. The fourth-order valence-corrected chi connectivity index (χ4v) is 3.81. The predicted octanol–water partition coefficient (Wildman–Crippen LogP) is -0.479. The first kappa shape index (κ1) is 20.0. The van der Waals surface area contributed by atoms with Crippen LogP contribution in [-0.4, -0.2) is 61.9 Å². The monoisotopic (exact) mass is 401 g/mol. The van der Waals surface area contributed by atoms with Gasteiger partial charge in [0.1, 0.15) is 0 Å². The molecule has 148 valence electrons. The van der Waals surface area contributed by atoms with Crippen LogP contribution >= 0.6 is 11.3 Å².